The van der Waals surface area contributed by atoms with E-state index in [9.17, 15) is 8.78 Å². The maximum absolute atomic E-state index is 12.5. The van der Waals surface area contributed by atoms with Crippen LogP contribution in [0.4, 0.5) is 8.78 Å². The van der Waals surface area contributed by atoms with Gasteiger partial charge in [0, 0.05) is 23.8 Å². The number of rotatable bonds is 5. The molecule has 0 aliphatic heterocycles. The molecular weight excluding hydrogens is 268 g/mol. The van der Waals surface area contributed by atoms with E-state index in [0.717, 1.165) is 13.8 Å². The summed E-state index contributed by atoms with van der Waals surface area (Å²) < 4.78 is 26.5. The summed E-state index contributed by atoms with van der Waals surface area (Å²) in [6.07, 6.45) is 2.63. The molecule has 7 heteroatoms. The lowest BCUT2D eigenvalue weighted by Gasteiger charge is -2.06. The van der Waals surface area contributed by atoms with Gasteiger partial charge in [0.2, 0.25) is 0 Å². The highest BCUT2D eigenvalue weighted by Crippen LogP contribution is 2.21. The second-order valence-electron chi connectivity index (χ2n) is 3.34. The minimum Gasteiger partial charge on any atom is -0.305 e. The van der Waals surface area contributed by atoms with Crippen LogP contribution in [0.25, 0.3) is 0 Å². The summed E-state index contributed by atoms with van der Waals surface area (Å²) in [4.78, 5) is 4.93. The van der Waals surface area contributed by atoms with Crippen molar-refractivity contribution in [3.05, 3.63) is 39.6 Å². The quantitative estimate of drug-likeness (QED) is 0.909. The van der Waals surface area contributed by atoms with Gasteiger partial charge in [0.1, 0.15) is 5.82 Å². The fourth-order valence-electron chi connectivity index (χ4n) is 1.40. The first-order chi connectivity index (χ1) is 8.16. The van der Waals surface area contributed by atoms with Crippen LogP contribution in [0.15, 0.2) is 24.5 Å². The first-order valence-corrected chi connectivity index (χ1v) is 6.11. The van der Waals surface area contributed by atoms with Crippen molar-refractivity contribution in [2.24, 2.45) is 0 Å². The van der Waals surface area contributed by atoms with Gasteiger partial charge in [0.15, 0.2) is 0 Å². The molecule has 0 amide bonds. The van der Waals surface area contributed by atoms with Crippen molar-refractivity contribution in [3.63, 3.8) is 0 Å². The van der Waals surface area contributed by atoms with Crippen LogP contribution < -0.4 is 5.32 Å². The Hall–Kier alpha value is -0.980. The Morgan fingerprint density at radius 3 is 2.88 bits per heavy atom. The standard InChI is InChI=1S/C10H10ClF2N3S/c11-8-2-1-7(17-8)5-14-6-9-15-3-4-16(9)10(12)13/h1-4,10,14H,5-6H2. The van der Waals surface area contributed by atoms with Gasteiger partial charge in [-0.1, -0.05) is 11.6 Å². The molecule has 0 unspecified atom stereocenters. The van der Waals surface area contributed by atoms with E-state index in [2.05, 4.69) is 10.3 Å². The predicted molar refractivity (Wildman–Crippen MR) is 63.4 cm³/mol. The first-order valence-electron chi connectivity index (χ1n) is 4.91. The molecular formula is C10H10ClF2N3S. The number of aromatic nitrogens is 2. The molecule has 0 spiro atoms. The van der Waals surface area contributed by atoms with Crippen molar-refractivity contribution >= 4 is 22.9 Å². The van der Waals surface area contributed by atoms with Gasteiger partial charge in [-0.25, -0.2) is 4.98 Å². The molecule has 0 radical (unpaired) electrons. The molecule has 2 aromatic heterocycles. The van der Waals surface area contributed by atoms with E-state index in [0.29, 0.717) is 18.9 Å². The van der Waals surface area contributed by atoms with Gasteiger partial charge >= 0.3 is 6.55 Å². The van der Waals surface area contributed by atoms with E-state index in [4.69, 9.17) is 11.6 Å². The minimum absolute atomic E-state index is 0.298. The van der Waals surface area contributed by atoms with Crippen LogP contribution >= 0.6 is 22.9 Å². The van der Waals surface area contributed by atoms with Crippen molar-refractivity contribution in [2.45, 2.75) is 19.6 Å². The van der Waals surface area contributed by atoms with Crippen LogP contribution in [-0.4, -0.2) is 9.55 Å². The lowest BCUT2D eigenvalue weighted by atomic mass is 10.4. The Balaban J connectivity index is 1.88. The Morgan fingerprint density at radius 2 is 2.24 bits per heavy atom. The first kappa shape index (κ1) is 12.5. The number of imidazole rings is 1. The zero-order valence-corrected chi connectivity index (χ0v) is 10.3. The van der Waals surface area contributed by atoms with Crippen LogP contribution in [0, 0.1) is 0 Å². The summed E-state index contributed by atoms with van der Waals surface area (Å²) in [7, 11) is 0. The molecule has 0 saturated carbocycles. The molecule has 2 heterocycles. The summed E-state index contributed by atoms with van der Waals surface area (Å²) in [5, 5.41) is 3.05. The second kappa shape index (κ2) is 5.57. The second-order valence-corrected chi connectivity index (χ2v) is 5.14. The van der Waals surface area contributed by atoms with Crippen LogP contribution in [0.5, 0.6) is 0 Å². The number of nitrogens with zero attached hydrogens (tertiary/aromatic N) is 2. The van der Waals surface area contributed by atoms with Gasteiger partial charge in [-0.3, -0.25) is 4.57 Å². The molecule has 0 saturated heterocycles. The molecule has 2 rings (SSSR count). The summed E-state index contributed by atoms with van der Waals surface area (Å²) in [5.41, 5.74) is 0. The number of hydrogen-bond acceptors (Lipinski definition) is 3. The summed E-state index contributed by atoms with van der Waals surface area (Å²) in [5.74, 6) is 0.322. The summed E-state index contributed by atoms with van der Waals surface area (Å²) >= 11 is 7.24. The van der Waals surface area contributed by atoms with Crippen LogP contribution in [0.1, 0.15) is 17.3 Å². The van der Waals surface area contributed by atoms with E-state index >= 15 is 0 Å². The Labute approximate surface area is 106 Å². The lowest BCUT2D eigenvalue weighted by Crippen LogP contribution is -2.16. The molecule has 0 atom stereocenters. The number of halogens is 3. The topological polar surface area (TPSA) is 29.9 Å². The zero-order valence-electron chi connectivity index (χ0n) is 8.74. The normalized spacial score (nSPS) is 11.3. The fourth-order valence-corrected chi connectivity index (χ4v) is 2.46. The van der Waals surface area contributed by atoms with E-state index in [1.807, 2.05) is 12.1 Å². The highest BCUT2D eigenvalue weighted by Gasteiger charge is 2.10. The Morgan fingerprint density at radius 1 is 1.41 bits per heavy atom. The largest absolute Gasteiger partial charge is 0.319 e. The average molecular weight is 278 g/mol. The molecule has 0 fully saturated rings. The molecule has 1 N–H and O–H groups in total. The number of hydrogen-bond donors (Lipinski definition) is 1. The molecule has 92 valence electrons. The molecule has 2 aromatic rings. The number of nitrogens with one attached hydrogen (secondary N) is 1. The summed E-state index contributed by atoms with van der Waals surface area (Å²) in [6.45, 7) is -1.66. The molecule has 0 aromatic carbocycles. The molecule has 17 heavy (non-hydrogen) atoms. The highest BCUT2D eigenvalue weighted by atomic mass is 35.5. The van der Waals surface area contributed by atoms with Crippen LogP contribution in [-0.2, 0) is 13.1 Å². The third-order valence-electron chi connectivity index (χ3n) is 2.17. The Kier molecular flexibility index (Phi) is 4.09. The van der Waals surface area contributed by atoms with Crippen molar-refractivity contribution in [3.8, 4) is 0 Å². The lowest BCUT2D eigenvalue weighted by molar-refractivity contribution is 0.0666. The highest BCUT2D eigenvalue weighted by molar-refractivity contribution is 7.16. The number of thiophene rings is 1. The Bertz CT molecular complexity index is 483. The molecule has 3 nitrogen and oxygen atoms in total. The van der Waals surface area contributed by atoms with Crippen LogP contribution in [0.3, 0.4) is 0 Å². The van der Waals surface area contributed by atoms with Crippen molar-refractivity contribution in [1.29, 1.82) is 0 Å². The minimum atomic E-state index is -2.55. The maximum Gasteiger partial charge on any atom is 0.319 e. The van der Waals surface area contributed by atoms with Gasteiger partial charge in [-0.05, 0) is 12.1 Å². The van der Waals surface area contributed by atoms with Crippen LogP contribution in [0.2, 0.25) is 4.34 Å². The fraction of sp³-hybridized carbons (Fsp3) is 0.300. The van der Waals surface area contributed by atoms with E-state index < -0.39 is 6.55 Å². The van der Waals surface area contributed by atoms with E-state index in [-0.39, 0.29) is 0 Å². The van der Waals surface area contributed by atoms with Crippen molar-refractivity contribution in [1.82, 2.24) is 14.9 Å². The predicted octanol–water partition coefficient (Wildman–Crippen LogP) is 3.28. The van der Waals surface area contributed by atoms with E-state index in [1.54, 1.807) is 0 Å². The van der Waals surface area contributed by atoms with Crippen molar-refractivity contribution < 1.29 is 8.78 Å². The van der Waals surface area contributed by atoms with Gasteiger partial charge in [-0.15, -0.1) is 11.3 Å². The molecule has 0 aliphatic rings. The van der Waals surface area contributed by atoms with Gasteiger partial charge in [-0.2, -0.15) is 8.78 Å². The van der Waals surface area contributed by atoms with Gasteiger partial charge in [0.25, 0.3) is 0 Å². The van der Waals surface area contributed by atoms with Crippen molar-refractivity contribution in [2.75, 3.05) is 0 Å². The third kappa shape index (κ3) is 3.24. The van der Waals surface area contributed by atoms with E-state index in [1.165, 1.54) is 23.7 Å². The van der Waals surface area contributed by atoms with Gasteiger partial charge < -0.3 is 5.32 Å². The average Bonchev–Trinajstić information content (AvgIpc) is 2.87. The maximum atomic E-state index is 12.5. The zero-order chi connectivity index (χ0) is 12.3. The summed E-state index contributed by atoms with van der Waals surface area (Å²) in [6, 6.07) is 3.71. The molecule has 0 aliphatic carbocycles. The smallest absolute Gasteiger partial charge is 0.305 e. The molecule has 0 bridgehead atoms. The SMILES string of the molecule is FC(F)n1ccnc1CNCc1ccc(Cl)s1. The third-order valence-corrected chi connectivity index (χ3v) is 3.40. The van der Waals surface area contributed by atoms with Gasteiger partial charge in [0.05, 0.1) is 10.9 Å². The number of alkyl halides is 2. The monoisotopic (exact) mass is 277 g/mol.